The van der Waals surface area contributed by atoms with Crippen LogP contribution in [0.1, 0.15) is 13.8 Å². The van der Waals surface area contributed by atoms with Crippen molar-refractivity contribution >= 4 is 21.9 Å². The topological polar surface area (TPSA) is 53.9 Å². The summed E-state index contributed by atoms with van der Waals surface area (Å²) in [5.74, 6) is 1.33. The Morgan fingerprint density at radius 1 is 1.50 bits per heavy atom. The molecular formula is C10H16BrN5. The van der Waals surface area contributed by atoms with E-state index in [0.717, 1.165) is 25.6 Å². The van der Waals surface area contributed by atoms with Crippen LogP contribution in [0.4, 0.5) is 5.95 Å². The third kappa shape index (κ3) is 2.68. The van der Waals surface area contributed by atoms with E-state index in [0.29, 0.717) is 16.6 Å². The minimum atomic E-state index is 0.501. The molecule has 2 rings (SSSR count). The van der Waals surface area contributed by atoms with Crippen molar-refractivity contribution in [2.45, 2.75) is 19.9 Å². The molecule has 0 saturated carbocycles. The van der Waals surface area contributed by atoms with Crippen molar-refractivity contribution in [3.05, 3.63) is 10.8 Å². The molecule has 1 unspecified atom stereocenters. The fraction of sp³-hybridized carbons (Fsp3) is 0.700. The van der Waals surface area contributed by atoms with Gasteiger partial charge in [-0.1, -0.05) is 13.8 Å². The molecule has 1 aromatic heterocycles. The van der Waals surface area contributed by atoms with Gasteiger partial charge >= 0.3 is 0 Å². The van der Waals surface area contributed by atoms with Crippen LogP contribution in [-0.2, 0) is 0 Å². The summed E-state index contributed by atoms with van der Waals surface area (Å²) in [6.45, 7) is 7.31. The summed E-state index contributed by atoms with van der Waals surface area (Å²) in [6, 6.07) is 0.501. The number of nitrogens with zero attached hydrogens (tertiary/aromatic N) is 4. The van der Waals surface area contributed by atoms with E-state index >= 15 is 0 Å². The Balaban J connectivity index is 2.06. The predicted molar refractivity (Wildman–Crippen MR) is 66.4 cm³/mol. The maximum Gasteiger partial charge on any atom is 0.245 e. The van der Waals surface area contributed by atoms with Gasteiger partial charge in [0.15, 0.2) is 0 Å². The lowest BCUT2D eigenvalue weighted by molar-refractivity contribution is 0.365. The molecule has 2 heterocycles. The first-order valence-electron chi connectivity index (χ1n) is 5.50. The van der Waals surface area contributed by atoms with Gasteiger partial charge in [0, 0.05) is 25.7 Å². The highest BCUT2D eigenvalue weighted by atomic mass is 79.9. The molecule has 1 aliphatic heterocycles. The molecule has 1 aromatic rings. The molecule has 0 aliphatic carbocycles. The summed E-state index contributed by atoms with van der Waals surface area (Å²) in [5, 5.41) is 11.6. The number of hydrogen-bond acceptors (Lipinski definition) is 5. The lowest BCUT2D eigenvalue weighted by Gasteiger charge is -2.35. The van der Waals surface area contributed by atoms with E-state index in [1.54, 1.807) is 6.20 Å². The average Bonchev–Trinajstić information content (AvgIpc) is 2.30. The van der Waals surface area contributed by atoms with E-state index in [9.17, 15) is 0 Å². The highest BCUT2D eigenvalue weighted by Crippen LogP contribution is 2.13. The Labute approximate surface area is 104 Å². The smallest absolute Gasteiger partial charge is 0.245 e. The monoisotopic (exact) mass is 285 g/mol. The summed E-state index contributed by atoms with van der Waals surface area (Å²) < 4.78 is 0.673. The molecule has 0 spiro atoms. The maximum absolute atomic E-state index is 4.27. The highest BCUT2D eigenvalue weighted by Gasteiger charge is 2.23. The highest BCUT2D eigenvalue weighted by molar-refractivity contribution is 9.10. The van der Waals surface area contributed by atoms with Gasteiger partial charge in [0.05, 0.1) is 6.20 Å². The average molecular weight is 286 g/mol. The lowest BCUT2D eigenvalue weighted by atomic mass is 10.0. The number of rotatable bonds is 2. The Kier molecular flexibility index (Phi) is 3.70. The van der Waals surface area contributed by atoms with Crippen molar-refractivity contribution < 1.29 is 0 Å². The number of anilines is 1. The second kappa shape index (κ2) is 5.05. The van der Waals surface area contributed by atoms with Crippen molar-refractivity contribution in [1.82, 2.24) is 20.5 Å². The van der Waals surface area contributed by atoms with E-state index in [1.165, 1.54) is 0 Å². The molecule has 6 heteroatoms. The number of nitrogens with one attached hydrogen (secondary N) is 1. The Bertz CT molecular complexity index is 340. The van der Waals surface area contributed by atoms with Crippen LogP contribution in [0, 0.1) is 5.92 Å². The second-order valence-electron chi connectivity index (χ2n) is 4.33. The summed E-state index contributed by atoms with van der Waals surface area (Å²) >= 11 is 3.24. The van der Waals surface area contributed by atoms with Crippen molar-refractivity contribution in [3.8, 4) is 0 Å². The Hall–Kier alpha value is -0.750. The van der Waals surface area contributed by atoms with Gasteiger partial charge in [-0.05, 0) is 21.8 Å². The number of hydrogen-bond donors (Lipinski definition) is 1. The van der Waals surface area contributed by atoms with Crippen LogP contribution >= 0.6 is 15.9 Å². The standard InChI is InChI=1S/C10H16BrN5/c1-7(2)8-6-16(4-3-12-8)10-13-5-9(11)14-15-10/h5,7-8,12H,3-4,6H2,1-2H3. The fourth-order valence-electron chi connectivity index (χ4n) is 1.81. The minimum Gasteiger partial charge on any atom is -0.337 e. The Morgan fingerprint density at radius 3 is 2.94 bits per heavy atom. The largest absolute Gasteiger partial charge is 0.337 e. The van der Waals surface area contributed by atoms with Crippen LogP contribution in [0.2, 0.25) is 0 Å². The summed E-state index contributed by atoms with van der Waals surface area (Å²) in [7, 11) is 0. The Morgan fingerprint density at radius 2 is 2.31 bits per heavy atom. The molecule has 16 heavy (non-hydrogen) atoms. The zero-order chi connectivity index (χ0) is 11.5. The molecule has 0 amide bonds. The van der Waals surface area contributed by atoms with E-state index in [1.807, 2.05) is 0 Å². The molecule has 88 valence electrons. The van der Waals surface area contributed by atoms with Crippen LogP contribution < -0.4 is 10.2 Å². The molecule has 1 aliphatic rings. The zero-order valence-corrected chi connectivity index (χ0v) is 11.1. The van der Waals surface area contributed by atoms with Crippen molar-refractivity contribution in [2.75, 3.05) is 24.5 Å². The molecule has 1 fully saturated rings. The molecule has 5 nitrogen and oxygen atoms in total. The van der Waals surface area contributed by atoms with E-state index < -0.39 is 0 Å². The van der Waals surface area contributed by atoms with Crippen molar-refractivity contribution in [1.29, 1.82) is 0 Å². The van der Waals surface area contributed by atoms with Gasteiger partial charge in [-0.3, -0.25) is 0 Å². The predicted octanol–water partition coefficient (Wildman–Crippen LogP) is 1.07. The van der Waals surface area contributed by atoms with Crippen molar-refractivity contribution in [3.63, 3.8) is 0 Å². The molecule has 1 atom stereocenters. The number of aromatic nitrogens is 3. The maximum atomic E-state index is 4.27. The van der Waals surface area contributed by atoms with Gasteiger partial charge in [-0.2, -0.15) is 0 Å². The molecule has 0 bridgehead atoms. The van der Waals surface area contributed by atoms with E-state index in [2.05, 4.69) is 55.2 Å². The second-order valence-corrected chi connectivity index (χ2v) is 5.14. The minimum absolute atomic E-state index is 0.501. The van der Waals surface area contributed by atoms with Gasteiger partial charge < -0.3 is 10.2 Å². The summed E-state index contributed by atoms with van der Waals surface area (Å²) in [5.41, 5.74) is 0. The molecule has 1 N–H and O–H groups in total. The van der Waals surface area contributed by atoms with Crippen LogP contribution in [0.3, 0.4) is 0 Å². The van der Waals surface area contributed by atoms with Gasteiger partial charge in [0.1, 0.15) is 4.60 Å². The van der Waals surface area contributed by atoms with Crippen LogP contribution in [0.15, 0.2) is 10.8 Å². The van der Waals surface area contributed by atoms with Crippen molar-refractivity contribution in [2.24, 2.45) is 5.92 Å². The molecule has 0 radical (unpaired) electrons. The molecular weight excluding hydrogens is 270 g/mol. The first-order chi connectivity index (χ1) is 7.66. The first-order valence-corrected chi connectivity index (χ1v) is 6.29. The third-order valence-electron chi connectivity index (χ3n) is 2.81. The number of piperazine rings is 1. The van der Waals surface area contributed by atoms with Crippen LogP contribution in [-0.4, -0.2) is 40.9 Å². The molecule has 1 saturated heterocycles. The fourth-order valence-corrected chi connectivity index (χ4v) is 1.99. The zero-order valence-electron chi connectivity index (χ0n) is 9.52. The van der Waals surface area contributed by atoms with Gasteiger partial charge in [0.25, 0.3) is 0 Å². The third-order valence-corrected chi connectivity index (χ3v) is 3.18. The summed E-state index contributed by atoms with van der Waals surface area (Å²) in [6.07, 6.45) is 1.69. The van der Waals surface area contributed by atoms with Crippen LogP contribution in [0.25, 0.3) is 0 Å². The molecule has 0 aromatic carbocycles. The van der Waals surface area contributed by atoms with E-state index in [-0.39, 0.29) is 0 Å². The van der Waals surface area contributed by atoms with Gasteiger partial charge in [0.2, 0.25) is 5.95 Å². The SMILES string of the molecule is CC(C)C1CN(c2ncc(Br)nn2)CCN1. The van der Waals surface area contributed by atoms with Gasteiger partial charge in [-0.25, -0.2) is 4.98 Å². The quantitative estimate of drug-likeness (QED) is 0.881. The normalized spacial score (nSPS) is 21.5. The lowest BCUT2D eigenvalue weighted by Crippen LogP contribution is -2.53. The first kappa shape index (κ1) is 11.7. The van der Waals surface area contributed by atoms with Crippen LogP contribution in [0.5, 0.6) is 0 Å². The summed E-state index contributed by atoms with van der Waals surface area (Å²) in [4.78, 5) is 6.45. The van der Waals surface area contributed by atoms with Gasteiger partial charge in [-0.15, -0.1) is 10.2 Å². The number of halogens is 1. The van der Waals surface area contributed by atoms with E-state index in [4.69, 9.17) is 0 Å².